The number of likely N-dealkylation sites (tertiary alicyclic amines) is 1. The second kappa shape index (κ2) is 9.87. The average molecular weight is 411 g/mol. The van der Waals surface area contributed by atoms with Gasteiger partial charge in [0.05, 0.1) is 39.0 Å². The largest absolute Gasteiger partial charge is 0.379 e. The van der Waals surface area contributed by atoms with Gasteiger partial charge in [-0.05, 0) is 25.9 Å². The molecule has 5 aliphatic rings. The van der Waals surface area contributed by atoms with Gasteiger partial charge in [-0.3, -0.25) is 10.2 Å². The molecule has 5 aliphatic heterocycles. The number of nitrogens with two attached hydrogens (primary N) is 1. The number of nitrogens with one attached hydrogen (secondary N) is 4. The number of hydrogen-bond donors (Lipinski definition) is 5. The van der Waals surface area contributed by atoms with E-state index in [2.05, 4.69) is 26.3 Å². The van der Waals surface area contributed by atoms with Crippen molar-refractivity contribution >= 4 is 0 Å². The number of hydrogen-bond acceptors (Lipinski definition) is 6. The fourth-order valence-electron chi connectivity index (χ4n) is 6.37. The molecule has 0 aromatic rings. The number of nitrogens with zero attached hydrogens (tertiary/aromatic N) is 1. The molecule has 5 rings (SSSR count). The summed E-state index contributed by atoms with van der Waals surface area (Å²) in [5.41, 5.74) is 3.41. The Morgan fingerprint density at radius 1 is 1.07 bits per heavy atom. The number of rotatable bonds is 5. The van der Waals surface area contributed by atoms with E-state index in [9.17, 15) is 0 Å². The van der Waals surface area contributed by atoms with Crippen LogP contribution < -0.4 is 26.3 Å². The van der Waals surface area contributed by atoms with Gasteiger partial charge in [-0.15, -0.1) is 0 Å². The topological polar surface area (TPSA) is 78.8 Å². The normalized spacial score (nSPS) is 43.0. The maximum atomic E-state index is 6.16. The van der Waals surface area contributed by atoms with Crippen LogP contribution in [0.25, 0.3) is 0 Å². The van der Waals surface area contributed by atoms with Gasteiger partial charge >= 0.3 is 0 Å². The van der Waals surface area contributed by atoms with Crippen molar-refractivity contribution in [2.45, 2.75) is 63.1 Å². The van der Waals surface area contributed by atoms with Gasteiger partial charge in [0, 0.05) is 50.6 Å². The highest BCUT2D eigenvalue weighted by Gasteiger charge is 2.44. The zero-order valence-corrected chi connectivity index (χ0v) is 17.9. The van der Waals surface area contributed by atoms with Gasteiger partial charge in [-0.25, -0.2) is 4.90 Å². The Morgan fingerprint density at radius 3 is 2.79 bits per heavy atom. The van der Waals surface area contributed by atoms with Crippen molar-refractivity contribution in [3.8, 4) is 0 Å². The molecule has 0 spiro atoms. The summed E-state index contributed by atoms with van der Waals surface area (Å²) in [4.78, 5) is 10.6. The van der Waals surface area contributed by atoms with Crippen molar-refractivity contribution in [3.63, 3.8) is 0 Å². The van der Waals surface area contributed by atoms with Gasteiger partial charge in [0.15, 0.2) is 6.23 Å². The average Bonchev–Trinajstić information content (AvgIpc) is 3.45. The Balaban J connectivity index is 1.13. The van der Waals surface area contributed by atoms with E-state index < -0.39 is 0 Å². The van der Waals surface area contributed by atoms with Crippen LogP contribution in [0.15, 0.2) is 0 Å². The van der Waals surface area contributed by atoms with E-state index in [0.29, 0.717) is 24.3 Å². The minimum atomic E-state index is 0.173. The summed E-state index contributed by atoms with van der Waals surface area (Å²) < 4.78 is 5.55. The molecule has 0 amide bonds. The lowest BCUT2D eigenvalue weighted by Gasteiger charge is -2.38. The van der Waals surface area contributed by atoms with Crippen LogP contribution in [0, 0.1) is 11.8 Å². The van der Waals surface area contributed by atoms with Crippen molar-refractivity contribution in [2.24, 2.45) is 11.8 Å². The summed E-state index contributed by atoms with van der Waals surface area (Å²) in [5.74, 6) is 1.53. The van der Waals surface area contributed by atoms with E-state index in [1.807, 2.05) is 0 Å². The molecule has 29 heavy (non-hydrogen) atoms. The van der Waals surface area contributed by atoms with Crippen LogP contribution in [-0.4, -0.2) is 88.5 Å². The van der Waals surface area contributed by atoms with Crippen molar-refractivity contribution in [3.05, 3.63) is 0 Å². The van der Waals surface area contributed by atoms with E-state index in [-0.39, 0.29) is 6.23 Å². The van der Waals surface area contributed by atoms with Crippen LogP contribution in [0.4, 0.5) is 0 Å². The van der Waals surface area contributed by atoms with Crippen LogP contribution in [0.3, 0.4) is 0 Å². The standard InChI is InChI=1S/C21H40N6O2/c1-2-18(27(9-1)15-16-3-6-22-7-4-16)21-24-20(25-29-21)17-5-8-23-19(14-17)26-10-12-28-13-11-26/h16-25H,1-15H2/p+2. The molecule has 6 unspecified atom stereocenters. The van der Waals surface area contributed by atoms with Crippen molar-refractivity contribution in [1.29, 1.82) is 0 Å². The molecule has 0 bridgehead atoms. The molecule has 6 N–H and O–H groups in total. The maximum absolute atomic E-state index is 6.16. The van der Waals surface area contributed by atoms with Crippen LogP contribution in [0.5, 0.6) is 0 Å². The third kappa shape index (κ3) is 4.96. The highest BCUT2D eigenvalue weighted by Crippen LogP contribution is 2.22. The highest BCUT2D eigenvalue weighted by atomic mass is 16.7. The number of quaternary nitrogens is 2. The van der Waals surface area contributed by atoms with Gasteiger partial charge in [0.1, 0.15) is 12.2 Å². The van der Waals surface area contributed by atoms with E-state index in [0.717, 1.165) is 32.2 Å². The van der Waals surface area contributed by atoms with Crippen LogP contribution >= 0.6 is 0 Å². The molecular weight excluding hydrogens is 368 g/mol. The Labute approximate surface area is 175 Å². The van der Waals surface area contributed by atoms with Gasteiger partial charge in [0.2, 0.25) is 0 Å². The lowest BCUT2D eigenvalue weighted by Crippen LogP contribution is -3.16. The van der Waals surface area contributed by atoms with Crippen molar-refractivity contribution in [2.75, 3.05) is 59.0 Å². The number of morpholine rings is 1. The maximum Gasteiger partial charge on any atom is 0.183 e. The first kappa shape index (κ1) is 20.6. The molecular formula is C21H42N6O2+2. The molecule has 0 aliphatic carbocycles. The summed E-state index contributed by atoms with van der Waals surface area (Å²) in [7, 11) is 0. The molecule has 0 radical (unpaired) electrons. The van der Waals surface area contributed by atoms with Crippen molar-refractivity contribution in [1.82, 2.24) is 21.0 Å². The molecule has 8 heteroatoms. The Bertz CT molecular complexity index is 513. The molecule has 0 aromatic carbocycles. The first-order chi connectivity index (χ1) is 14.4. The minimum Gasteiger partial charge on any atom is -0.379 e. The summed E-state index contributed by atoms with van der Waals surface area (Å²) in [5, 5.41) is 9.91. The van der Waals surface area contributed by atoms with E-state index in [1.54, 1.807) is 4.90 Å². The minimum absolute atomic E-state index is 0.173. The van der Waals surface area contributed by atoms with Gasteiger partial charge in [-0.2, -0.15) is 5.48 Å². The third-order valence-corrected chi connectivity index (χ3v) is 8.08. The molecule has 166 valence electrons. The lowest BCUT2D eigenvalue weighted by molar-refractivity contribution is -0.919. The second-order valence-electron chi connectivity index (χ2n) is 9.88. The fourth-order valence-corrected chi connectivity index (χ4v) is 6.37. The smallest absolute Gasteiger partial charge is 0.183 e. The monoisotopic (exact) mass is 410 g/mol. The molecule has 8 nitrogen and oxygen atoms in total. The second-order valence-corrected chi connectivity index (χ2v) is 9.88. The zero-order valence-electron chi connectivity index (χ0n) is 17.9. The molecule has 0 aromatic heterocycles. The Morgan fingerprint density at radius 2 is 1.93 bits per heavy atom. The van der Waals surface area contributed by atoms with Crippen LogP contribution in [0.2, 0.25) is 0 Å². The Kier molecular flexibility index (Phi) is 7.00. The fraction of sp³-hybridized carbons (Fsp3) is 1.00. The Hall–Kier alpha value is -0.320. The first-order valence-corrected chi connectivity index (χ1v) is 12.2. The predicted molar refractivity (Wildman–Crippen MR) is 110 cm³/mol. The molecule has 5 heterocycles. The number of ether oxygens (including phenoxy) is 1. The molecule has 6 atom stereocenters. The number of hydroxylamine groups is 1. The van der Waals surface area contributed by atoms with E-state index in [1.165, 1.54) is 71.2 Å². The third-order valence-electron chi connectivity index (χ3n) is 8.08. The van der Waals surface area contributed by atoms with Gasteiger partial charge < -0.3 is 20.3 Å². The van der Waals surface area contributed by atoms with Crippen LogP contribution in [-0.2, 0) is 9.57 Å². The van der Waals surface area contributed by atoms with E-state index >= 15 is 0 Å². The SMILES string of the molecule is C1CC(C2NC(C3CC[NH2+]C(N4CCOCC4)C3)NO2)[NH+](CC2CCNCC2)C1. The summed E-state index contributed by atoms with van der Waals surface area (Å²) in [6.45, 7) is 10.2. The summed E-state index contributed by atoms with van der Waals surface area (Å²) >= 11 is 0. The summed E-state index contributed by atoms with van der Waals surface area (Å²) in [6, 6.07) is 0.604. The van der Waals surface area contributed by atoms with E-state index in [4.69, 9.17) is 9.57 Å². The first-order valence-electron chi connectivity index (χ1n) is 12.2. The predicted octanol–water partition coefficient (Wildman–Crippen LogP) is -2.56. The molecule has 5 fully saturated rings. The highest BCUT2D eigenvalue weighted by molar-refractivity contribution is 4.85. The number of piperidine rings is 2. The lowest BCUT2D eigenvalue weighted by atomic mass is 9.92. The summed E-state index contributed by atoms with van der Waals surface area (Å²) in [6.07, 6.45) is 8.90. The van der Waals surface area contributed by atoms with Crippen molar-refractivity contribution < 1.29 is 19.8 Å². The zero-order chi connectivity index (χ0) is 19.5. The molecule has 5 saturated heterocycles. The quantitative estimate of drug-likeness (QED) is 0.343. The van der Waals surface area contributed by atoms with Crippen LogP contribution in [0.1, 0.15) is 38.5 Å². The van der Waals surface area contributed by atoms with Gasteiger partial charge in [-0.1, -0.05) is 0 Å². The molecule has 0 saturated carbocycles. The van der Waals surface area contributed by atoms with Gasteiger partial charge in [0.25, 0.3) is 0 Å².